The molecule has 0 radical (unpaired) electrons. The summed E-state index contributed by atoms with van der Waals surface area (Å²) >= 11 is 0. The van der Waals surface area contributed by atoms with E-state index in [0.29, 0.717) is 11.7 Å². The van der Waals surface area contributed by atoms with Crippen LogP contribution in [0.5, 0.6) is 0 Å². The molecule has 0 atom stereocenters. The molecule has 0 unspecified atom stereocenters. The van der Waals surface area contributed by atoms with Gasteiger partial charge in [-0.25, -0.2) is 0 Å². The minimum atomic E-state index is 0.557. The number of H-pyrrole nitrogens is 1. The van der Waals surface area contributed by atoms with Gasteiger partial charge in [-0.15, -0.1) is 0 Å². The zero-order valence-electron chi connectivity index (χ0n) is 11.2. The number of hydrogen-bond donors (Lipinski definition) is 1. The lowest BCUT2D eigenvalue weighted by Crippen LogP contribution is -1.91. The van der Waals surface area contributed by atoms with Gasteiger partial charge in [-0.2, -0.15) is 10.1 Å². The van der Waals surface area contributed by atoms with Crippen molar-refractivity contribution in [3.8, 4) is 11.5 Å². The zero-order chi connectivity index (χ0) is 13.8. The summed E-state index contributed by atoms with van der Waals surface area (Å²) in [6.45, 7) is 1.98. The Morgan fingerprint density at radius 2 is 2.25 bits per heavy atom. The van der Waals surface area contributed by atoms with E-state index in [1.54, 1.807) is 6.20 Å². The van der Waals surface area contributed by atoms with Gasteiger partial charge in [0.2, 0.25) is 11.7 Å². The summed E-state index contributed by atoms with van der Waals surface area (Å²) in [7, 11) is 0. The van der Waals surface area contributed by atoms with Crippen LogP contribution in [-0.2, 0) is 12.8 Å². The number of pyridine rings is 1. The number of nitrogens with one attached hydrogen (secondary N) is 1. The Hall–Kier alpha value is -2.50. The summed E-state index contributed by atoms with van der Waals surface area (Å²) in [5.74, 6) is 1.20. The van der Waals surface area contributed by atoms with E-state index in [-0.39, 0.29) is 0 Å². The SMILES string of the molecule is Cc1cccnc1-c1noc(CCCc2cn[nH]c2)n1. The Labute approximate surface area is 116 Å². The van der Waals surface area contributed by atoms with Gasteiger partial charge in [-0.3, -0.25) is 10.1 Å². The van der Waals surface area contributed by atoms with Crippen molar-refractivity contribution in [1.29, 1.82) is 0 Å². The number of aromatic amines is 1. The quantitative estimate of drug-likeness (QED) is 0.769. The molecule has 102 valence electrons. The molecular weight excluding hydrogens is 254 g/mol. The standard InChI is InChI=1S/C14H15N5O/c1-10-4-3-7-15-13(10)14-18-12(20-19-14)6-2-5-11-8-16-17-9-11/h3-4,7-9H,2,5-6H2,1H3,(H,16,17). The van der Waals surface area contributed by atoms with Crippen LogP contribution >= 0.6 is 0 Å². The molecule has 0 spiro atoms. The predicted octanol–water partition coefficient (Wildman–Crippen LogP) is 2.34. The minimum Gasteiger partial charge on any atom is -0.339 e. The van der Waals surface area contributed by atoms with Crippen molar-refractivity contribution in [1.82, 2.24) is 25.3 Å². The summed E-state index contributed by atoms with van der Waals surface area (Å²) in [5, 5.41) is 10.7. The fourth-order valence-electron chi connectivity index (χ4n) is 2.03. The van der Waals surface area contributed by atoms with Crippen molar-refractivity contribution in [2.75, 3.05) is 0 Å². The number of aromatic nitrogens is 5. The van der Waals surface area contributed by atoms with Gasteiger partial charge in [0.15, 0.2) is 0 Å². The molecular formula is C14H15N5O. The van der Waals surface area contributed by atoms with Crippen molar-refractivity contribution in [2.45, 2.75) is 26.2 Å². The molecule has 1 N–H and O–H groups in total. The van der Waals surface area contributed by atoms with Crippen LogP contribution < -0.4 is 0 Å². The van der Waals surface area contributed by atoms with Gasteiger partial charge in [0.1, 0.15) is 5.69 Å². The van der Waals surface area contributed by atoms with Crippen LogP contribution in [0.3, 0.4) is 0 Å². The lowest BCUT2D eigenvalue weighted by atomic mass is 10.1. The summed E-state index contributed by atoms with van der Waals surface area (Å²) in [6, 6.07) is 3.88. The average Bonchev–Trinajstić information content (AvgIpc) is 3.11. The highest BCUT2D eigenvalue weighted by atomic mass is 16.5. The van der Waals surface area contributed by atoms with Gasteiger partial charge in [0, 0.05) is 18.8 Å². The van der Waals surface area contributed by atoms with Gasteiger partial charge >= 0.3 is 0 Å². The van der Waals surface area contributed by atoms with Crippen LogP contribution in [0.25, 0.3) is 11.5 Å². The van der Waals surface area contributed by atoms with Crippen LogP contribution in [0.2, 0.25) is 0 Å². The van der Waals surface area contributed by atoms with Gasteiger partial charge in [0.25, 0.3) is 0 Å². The molecule has 0 amide bonds. The number of hydrogen-bond acceptors (Lipinski definition) is 5. The van der Waals surface area contributed by atoms with E-state index in [9.17, 15) is 0 Å². The van der Waals surface area contributed by atoms with Crippen LogP contribution in [-0.4, -0.2) is 25.3 Å². The lowest BCUT2D eigenvalue weighted by molar-refractivity contribution is 0.376. The highest BCUT2D eigenvalue weighted by Gasteiger charge is 2.11. The molecule has 0 fully saturated rings. The number of aryl methyl sites for hydroxylation is 3. The van der Waals surface area contributed by atoms with Crippen LogP contribution in [0.4, 0.5) is 0 Å². The molecule has 3 aromatic rings. The minimum absolute atomic E-state index is 0.557. The number of rotatable bonds is 5. The van der Waals surface area contributed by atoms with Crippen LogP contribution in [0.1, 0.15) is 23.4 Å². The molecule has 0 saturated carbocycles. The van der Waals surface area contributed by atoms with Crippen molar-refractivity contribution < 1.29 is 4.52 Å². The predicted molar refractivity (Wildman–Crippen MR) is 72.9 cm³/mol. The van der Waals surface area contributed by atoms with Gasteiger partial charge < -0.3 is 4.52 Å². The molecule has 0 aliphatic carbocycles. The lowest BCUT2D eigenvalue weighted by Gasteiger charge is -1.96. The molecule has 6 heteroatoms. The second kappa shape index (κ2) is 5.64. The maximum absolute atomic E-state index is 5.27. The van der Waals surface area contributed by atoms with Crippen molar-refractivity contribution >= 4 is 0 Å². The Balaban J connectivity index is 1.64. The molecule has 20 heavy (non-hydrogen) atoms. The highest BCUT2D eigenvalue weighted by molar-refractivity contribution is 5.53. The maximum atomic E-state index is 5.27. The fraction of sp³-hybridized carbons (Fsp3) is 0.286. The Bertz CT molecular complexity index is 674. The van der Waals surface area contributed by atoms with Crippen molar-refractivity contribution in [3.63, 3.8) is 0 Å². The first-order valence-electron chi connectivity index (χ1n) is 6.55. The first-order chi connectivity index (χ1) is 9.83. The molecule has 0 bridgehead atoms. The van der Waals surface area contributed by atoms with E-state index in [4.69, 9.17) is 4.52 Å². The second-order valence-electron chi connectivity index (χ2n) is 4.64. The summed E-state index contributed by atoms with van der Waals surface area (Å²) in [5.41, 5.74) is 3.00. The third-order valence-corrected chi connectivity index (χ3v) is 3.10. The van der Waals surface area contributed by atoms with E-state index in [1.807, 2.05) is 31.5 Å². The van der Waals surface area contributed by atoms with Gasteiger partial charge in [-0.1, -0.05) is 11.2 Å². The monoisotopic (exact) mass is 269 g/mol. The van der Waals surface area contributed by atoms with Crippen LogP contribution in [0.15, 0.2) is 35.2 Å². The van der Waals surface area contributed by atoms with E-state index in [2.05, 4.69) is 25.3 Å². The molecule has 3 aromatic heterocycles. The molecule has 0 aliphatic heterocycles. The second-order valence-corrected chi connectivity index (χ2v) is 4.64. The molecule has 3 rings (SSSR count). The van der Waals surface area contributed by atoms with E-state index >= 15 is 0 Å². The topological polar surface area (TPSA) is 80.5 Å². The molecule has 0 saturated heterocycles. The van der Waals surface area contributed by atoms with E-state index in [0.717, 1.165) is 30.5 Å². The normalized spacial score (nSPS) is 10.8. The molecule has 0 aromatic carbocycles. The molecule has 6 nitrogen and oxygen atoms in total. The van der Waals surface area contributed by atoms with Gasteiger partial charge in [-0.05, 0) is 37.0 Å². The zero-order valence-corrected chi connectivity index (χ0v) is 11.2. The molecule has 3 heterocycles. The van der Waals surface area contributed by atoms with E-state index < -0.39 is 0 Å². The van der Waals surface area contributed by atoms with Crippen molar-refractivity contribution in [3.05, 3.63) is 47.7 Å². The maximum Gasteiger partial charge on any atom is 0.227 e. The molecule has 0 aliphatic rings. The third kappa shape index (κ3) is 2.74. The summed E-state index contributed by atoms with van der Waals surface area (Å²) < 4.78 is 5.27. The third-order valence-electron chi connectivity index (χ3n) is 3.10. The van der Waals surface area contributed by atoms with E-state index in [1.165, 1.54) is 5.56 Å². The summed E-state index contributed by atoms with van der Waals surface area (Å²) in [4.78, 5) is 8.68. The van der Waals surface area contributed by atoms with Crippen molar-refractivity contribution in [2.24, 2.45) is 0 Å². The highest BCUT2D eigenvalue weighted by Crippen LogP contribution is 2.17. The summed E-state index contributed by atoms with van der Waals surface area (Å²) in [6.07, 6.45) is 8.10. The Morgan fingerprint density at radius 1 is 1.30 bits per heavy atom. The Kier molecular flexibility index (Phi) is 3.54. The smallest absolute Gasteiger partial charge is 0.227 e. The first-order valence-corrected chi connectivity index (χ1v) is 6.55. The largest absolute Gasteiger partial charge is 0.339 e. The average molecular weight is 269 g/mol. The van der Waals surface area contributed by atoms with Crippen LogP contribution in [0, 0.1) is 6.92 Å². The Morgan fingerprint density at radius 3 is 3.05 bits per heavy atom. The fourth-order valence-corrected chi connectivity index (χ4v) is 2.03. The first kappa shape index (κ1) is 12.5. The van der Waals surface area contributed by atoms with Gasteiger partial charge in [0.05, 0.1) is 6.20 Å². The number of nitrogens with zero attached hydrogens (tertiary/aromatic N) is 4.